The molecule has 19 heavy (non-hydrogen) atoms. The Bertz CT molecular complexity index is 540. The lowest BCUT2D eigenvalue weighted by atomic mass is 10.1. The van der Waals surface area contributed by atoms with E-state index in [2.05, 4.69) is 0 Å². The largest absolute Gasteiger partial charge is 0.480 e. The number of carboxylic acid groups (broad SMARTS) is 1. The van der Waals surface area contributed by atoms with Crippen molar-refractivity contribution in [3.8, 4) is 0 Å². The number of sulfone groups is 1. The number of hydrogen-bond donors (Lipinski definition) is 1. The smallest absolute Gasteiger partial charge is 0.321 e. The average Bonchev–Trinajstić information content (AvgIpc) is 2.28. The number of hydrogen-bond acceptors (Lipinski definition) is 3. The van der Waals surface area contributed by atoms with E-state index >= 15 is 0 Å². The van der Waals surface area contributed by atoms with Crippen molar-refractivity contribution < 1.29 is 27.1 Å². The molecule has 0 heterocycles. The van der Waals surface area contributed by atoms with Crippen LogP contribution in [0.15, 0.2) is 30.3 Å². The molecule has 0 saturated carbocycles. The van der Waals surface area contributed by atoms with Crippen molar-refractivity contribution >= 4 is 15.8 Å². The summed E-state index contributed by atoms with van der Waals surface area (Å²) in [6.07, 6.45) is -0.247. The van der Waals surface area contributed by atoms with Gasteiger partial charge in [-0.05, 0) is 6.42 Å². The first-order valence-corrected chi connectivity index (χ1v) is 7.30. The van der Waals surface area contributed by atoms with Gasteiger partial charge >= 0.3 is 5.97 Å². The van der Waals surface area contributed by atoms with E-state index < -0.39 is 38.3 Å². The molecule has 1 aromatic rings. The van der Waals surface area contributed by atoms with Crippen LogP contribution < -0.4 is 0 Å². The number of benzene rings is 1. The predicted octanol–water partition coefficient (Wildman–Crippen LogP) is 2.06. The molecule has 7 heteroatoms. The molecule has 1 unspecified atom stereocenters. The standard InChI is InChI=1S/C12H14F2O4S/c1-2-10(11(15)16)19(17,18)8-12(13,14)9-6-4-3-5-7-9/h3-7,10H,2,8H2,1H3,(H,15,16). The van der Waals surface area contributed by atoms with Gasteiger partial charge in [-0.2, -0.15) is 0 Å². The Hall–Kier alpha value is -1.50. The summed E-state index contributed by atoms with van der Waals surface area (Å²) in [5, 5.41) is 6.95. The summed E-state index contributed by atoms with van der Waals surface area (Å²) in [6.45, 7) is 1.33. The van der Waals surface area contributed by atoms with Crippen LogP contribution in [-0.2, 0) is 20.6 Å². The Kier molecular flexibility index (Phi) is 4.62. The zero-order valence-corrected chi connectivity index (χ0v) is 11.0. The third-order valence-electron chi connectivity index (χ3n) is 2.66. The van der Waals surface area contributed by atoms with E-state index in [1.54, 1.807) is 0 Å². The second kappa shape index (κ2) is 5.64. The van der Waals surface area contributed by atoms with E-state index in [1.165, 1.54) is 25.1 Å². The van der Waals surface area contributed by atoms with Gasteiger partial charge in [0.25, 0.3) is 5.92 Å². The highest BCUT2D eigenvalue weighted by atomic mass is 32.2. The lowest BCUT2D eigenvalue weighted by Crippen LogP contribution is -2.37. The van der Waals surface area contributed by atoms with Crippen LogP contribution in [0.4, 0.5) is 8.78 Å². The molecule has 1 N–H and O–H groups in total. The molecule has 0 aromatic heterocycles. The molecule has 0 spiro atoms. The highest BCUT2D eigenvalue weighted by Crippen LogP contribution is 2.30. The van der Waals surface area contributed by atoms with Crippen LogP contribution in [0.2, 0.25) is 0 Å². The predicted molar refractivity (Wildman–Crippen MR) is 65.8 cm³/mol. The quantitative estimate of drug-likeness (QED) is 0.871. The molecule has 1 atom stereocenters. The lowest BCUT2D eigenvalue weighted by Gasteiger charge is -2.19. The molecule has 1 aromatic carbocycles. The molecule has 0 saturated heterocycles. The minimum atomic E-state index is -4.43. The molecule has 1 rings (SSSR count). The fraction of sp³-hybridized carbons (Fsp3) is 0.417. The minimum Gasteiger partial charge on any atom is -0.480 e. The minimum absolute atomic E-state index is 0.247. The van der Waals surface area contributed by atoms with Crippen molar-refractivity contribution in [3.63, 3.8) is 0 Å². The topological polar surface area (TPSA) is 71.4 Å². The maximum absolute atomic E-state index is 13.8. The monoisotopic (exact) mass is 292 g/mol. The summed E-state index contributed by atoms with van der Waals surface area (Å²) < 4.78 is 51.1. The number of carboxylic acids is 1. The molecule has 106 valence electrons. The Balaban J connectivity index is 3.04. The van der Waals surface area contributed by atoms with Gasteiger partial charge in [0.2, 0.25) is 0 Å². The number of rotatable bonds is 6. The van der Waals surface area contributed by atoms with E-state index in [0.29, 0.717) is 0 Å². The van der Waals surface area contributed by atoms with Gasteiger partial charge in [0.05, 0.1) is 0 Å². The molecule has 0 bridgehead atoms. The fourth-order valence-corrected chi connectivity index (χ4v) is 3.39. The zero-order chi connectivity index (χ0) is 14.7. The molecule has 0 amide bonds. The maximum Gasteiger partial charge on any atom is 0.321 e. The number of aliphatic carboxylic acids is 1. The highest BCUT2D eigenvalue weighted by molar-refractivity contribution is 7.92. The zero-order valence-electron chi connectivity index (χ0n) is 10.2. The van der Waals surface area contributed by atoms with Crippen molar-refractivity contribution in [2.24, 2.45) is 0 Å². The van der Waals surface area contributed by atoms with Crippen LogP contribution in [0.3, 0.4) is 0 Å². The van der Waals surface area contributed by atoms with Crippen molar-refractivity contribution in [2.75, 3.05) is 5.75 Å². The van der Waals surface area contributed by atoms with E-state index in [9.17, 15) is 22.0 Å². The molecule has 0 aliphatic rings. The summed E-state index contributed by atoms with van der Waals surface area (Å²) in [7, 11) is -4.43. The molecular formula is C12H14F2O4S. The first-order valence-electron chi connectivity index (χ1n) is 5.58. The van der Waals surface area contributed by atoms with E-state index in [1.807, 2.05) is 0 Å². The Morgan fingerprint density at radius 1 is 1.32 bits per heavy atom. The van der Waals surface area contributed by atoms with Crippen LogP contribution in [0, 0.1) is 0 Å². The van der Waals surface area contributed by atoms with E-state index in [-0.39, 0.29) is 6.42 Å². The van der Waals surface area contributed by atoms with Gasteiger partial charge in [-0.15, -0.1) is 0 Å². The maximum atomic E-state index is 13.8. The van der Waals surface area contributed by atoms with E-state index in [0.717, 1.165) is 12.1 Å². The van der Waals surface area contributed by atoms with Gasteiger partial charge in [0.15, 0.2) is 15.1 Å². The number of alkyl halides is 2. The van der Waals surface area contributed by atoms with Crippen LogP contribution in [0.25, 0.3) is 0 Å². The molecule has 0 radical (unpaired) electrons. The van der Waals surface area contributed by atoms with Gasteiger partial charge in [0, 0.05) is 5.56 Å². The molecule has 0 aliphatic heterocycles. The highest BCUT2D eigenvalue weighted by Gasteiger charge is 2.42. The van der Waals surface area contributed by atoms with Crippen molar-refractivity contribution in [1.82, 2.24) is 0 Å². The van der Waals surface area contributed by atoms with Gasteiger partial charge in [0.1, 0.15) is 5.75 Å². The lowest BCUT2D eigenvalue weighted by molar-refractivity contribution is -0.136. The first kappa shape index (κ1) is 15.6. The SMILES string of the molecule is CCC(C(=O)O)S(=O)(=O)CC(F)(F)c1ccccc1. The summed E-state index contributed by atoms with van der Waals surface area (Å²) in [4.78, 5) is 10.8. The second-order valence-corrected chi connectivity index (χ2v) is 6.30. The molecule has 0 fully saturated rings. The van der Waals surface area contributed by atoms with Crippen molar-refractivity contribution in [3.05, 3.63) is 35.9 Å². The molecular weight excluding hydrogens is 278 g/mol. The van der Waals surface area contributed by atoms with Gasteiger partial charge in [-0.3, -0.25) is 4.79 Å². The summed E-state index contributed by atoms with van der Waals surface area (Å²) in [5.41, 5.74) is -0.446. The summed E-state index contributed by atoms with van der Waals surface area (Å²) >= 11 is 0. The number of halogens is 2. The molecule has 0 aliphatic carbocycles. The summed E-state index contributed by atoms with van der Waals surface area (Å²) in [5.74, 6) is -6.72. The van der Waals surface area contributed by atoms with Crippen LogP contribution >= 0.6 is 0 Å². The van der Waals surface area contributed by atoms with Gasteiger partial charge in [-0.1, -0.05) is 37.3 Å². The Morgan fingerprint density at radius 3 is 2.26 bits per heavy atom. The third kappa shape index (κ3) is 3.73. The third-order valence-corrected chi connectivity index (χ3v) is 4.83. The molecule has 4 nitrogen and oxygen atoms in total. The van der Waals surface area contributed by atoms with Crippen molar-refractivity contribution in [1.29, 1.82) is 0 Å². The van der Waals surface area contributed by atoms with Crippen LogP contribution in [0.5, 0.6) is 0 Å². The van der Waals surface area contributed by atoms with Crippen LogP contribution in [0.1, 0.15) is 18.9 Å². The normalized spacial score (nSPS) is 14.1. The second-order valence-electron chi connectivity index (χ2n) is 4.11. The Labute approximate surface area is 110 Å². The van der Waals surface area contributed by atoms with Crippen LogP contribution in [-0.4, -0.2) is 30.5 Å². The Morgan fingerprint density at radius 2 is 1.84 bits per heavy atom. The van der Waals surface area contributed by atoms with Gasteiger partial charge < -0.3 is 5.11 Å². The van der Waals surface area contributed by atoms with Crippen molar-refractivity contribution in [2.45, 2.75) is 24.5 Å². The number of carbonyl (C=O) groups is 1. The first-order chi connectivity index (χ1) is 8.70. The van der Waals surface area contributed by atoms with E-state index in [4.69, 9.17) is 5.11 Å². The summed E-state index contributed by atoms with van der Waals surface area (Å²) in [6, 6.07) is 6.48. The van der Waals surface area contributed by atoms with Gasteiger partial charge in [-0.25, -0.2) is 17.2 Å². The average molecular weight is 292 g/mol. The fourth-order valence-electron chi connectivity index (χ4n) is 1.70.